The average molecular weight is 174 g/mol. The highest BCUT2D eigenvalue weighted by molar-refractivity contribution is 5.77. The number of para-hydroxylation sites is 1. The van der Waals surface area contributed by atoms with Crippen molar-refractivity contribution in [3.05, 3.63) is 36.1 Å². The minimum atomic E-state index is 0.0962. The van der Waals surface area contributed by atoms with Crippen LogP contribution >= 0.6 is 0 Å². The van der Waals surface area contributed by atoms with Crippen molar-refractivity contribution in [1.82, 2.24) is 0 Å². The summed E-state index contributed by atoms with van der Waals surface area (Å²) in [7, 11) is 0. The Morgan fingerprint density at radius 3 is 2.38 bits per heavy atom. The van der Waals surface area contributed by atoms with Crippen LogP contribution in [0.5, 0.6) is 0 Å². The molecule has 1 aromatic carbocycles. The van der Waals surface area contributed by atoms with Crippen molar-refractivity contribution >= 4 is 11.0 Å². The molecule has 0 unspecified atom stereocenters. The van der Waals surface area contributed by atoms with Gasteiger partial charge in [0.05, 0.1) is 0 Å². The van der Waals surface area contributed by atoms with Gasteiger partial charge in [-0.1, -0.05) is 39.0 Å². The first-order chi connectivity index (χ1) is 6.07. The van der Waals surface area contributed by atoms with Crippen LogP contribution in [0.4, 0.5) is 0 Å². The van der Waals surface area contributed by atoms with Gasteiger partial charge >= 0.3 is 0 Å². The van der Waals surface area contributed by atoms with E-state index in [-0.39, 0.29) is 5.41 Å². The smallest absolute Gasteiger partial charge is 0.134 e. The summed E-state index contributed by atoms with van der Waals surface area (Å²) in [4.78, 5) is 0. The van der Waals surface area contributed by atoms with Crippen LogP contribution in [-0.4, -0.2) is 0 Å². The SMILES string of the molecule is CC(C)(C)c1cc2ccccc2o1. The van der Waals surface area contributed by atoms with Gasteiger partial charge in [-0.25, -0.2) is 0 Å². The largest absolute Gasteiger partial charge is 0.461 e. The maximum absolute atomic E-state index is 5.73. The van der Waals surface area contributed by atoms with Gasteiger partial charge in [0, 0.05) is 10.8 Å². The van der Waals surface area contributed by atoms with E-state index >= 15 is 0 Å². The van der Waals surface area contributed by atoms with Gasteiger partial charge in [-0.3, -0.25) is 0 Å². The Morgan fingerprint density at radius 2 is 1.77 bits per heavy atom. The van der Waals surface area contributed by atoms with Crippen LogP contribution < -0.4 is 0 Å². The van der Waals surface area contributed by atoms with Gasteiger partial charge in [0.25, 0.3) is 0 Å². The number of rotatable bonds is 0. The molecule has 2 aromatic rings. The lowest BCUT2D eigenvalue weighted by molar-refractivity contribution is 0.430. The van der Waals surface area contributed by atoms with Crippen LogP contribution in [0.2, 0.25) is 0 Å². The summed E-state index contributed by atoms with van der Waals surface area (Å²) >= 11 is 0. The second-order valence-electron chi connectivity index (χ2n) is 4.40. The zero-order chi connectivity index (χ0) is 9.47. The molecule has 1 nitrogen and oxygen atoms in total. The monoisotopic (exact) mass is 174 g/mol. The predicted octanol–water partition coefficient (Wildman–Crippen LogP) is 3.73. The third-order valence-corrected chi connectivity index (χ3v) is 2.16. The molecule has 0 aliphatic carbocycles. The first-order valence-corrected chi connectivity index (χ1v) is 4.56. The van der Waals surface area contributed by atoms with E-state index in [9.17, 15) is 0 Å². The molecule has 68 valence electrons. The molecule has 0 amide bonds. The summed E-state index contributed by atoms with van der Waals surface area (Å²) in [5, 5.41) is 1.19. The van der Waals surface area contributed by atoms with Crippen LogP contribution in [0.25, 0.3) is 11.0 Å². The van der Waals surface area contributed by atoms with Gasteiger partial charge < -0.3 is 4.42 Å². The second-order valence-corrected chi connectivity index (χ2v) is 4.40. The van der Waals surface area contributed by atoms with Gasteiger partial charge in [0.15, 0.2) is 0 Å². The van der Waals surface area contributed by atoms with Crippen molar-refractivity contribution in [1.29, 1.82) is 0 Å². The topological polar surface area (TPSA) is 13.1 Å². The van der Waals surface area contributed by atoms with E-state index in [0.717, 1.165) is 11.3 Å². The summed E-state index contributed by atoms with van der Waals surface area (Å²) in [6.45, 7) is 6.47. The molecule has 0 bridgehead atoms. The average Bonchev–Trinajstić information content (AvgIpc) is 2.45. The fourth-order valence-electron chi connectivity index (χ4n) is 1.35. The summed E-state index contributed by atoms with van der Waals surface area (Å²) in [6, 6.07) is 10.2. The minimum Gasteiger partial charge on any atom is -0.461 e. The number of hydrogen-bond donors (Lipinski definition) is 0. The Balaban J connectivity index is 2.63. The maximum Gasteiger partial charge on any atom is 0.134 e. The summed E-state index contributed by atoms with van der Waals surface area (Å²) < 4.78 is 5.73. The number of fused-ring (bicyclic) bond motifs is 1. The second kappa shape index (κ2) is 2.63. The molecule has 0 aliphatic rings. The van der Waals surface area contributed by atoms with Crippen LogP contribution in [0.15, 0.2) is 34.7 Å². The lowest BCUT2D eigenvalue weighted by Gasteiger charge is -2.13. The molecule has 0 radical (unpaired) electrons. The Hall–Kier alpha value is -1.24. The first kappa shape index (κ1) is 8.36. The van der Waals surface area contributed by atoms with E-state index in [1.165, 1.54) is 5.39 Å². The van der Waals surface area contributed by atoms with E-state index in [4.69, 9.17) is 4.42 Å². The van der Waals surface area contributed by atoms with E-state index in [2.05, 4.69) is 32.9 Å². The van der Waals surface area contributed by atoms with E-state index in [1.807, 2.05) is 18.2 Å². The Labute approximate surface area is 78.4 Å². The van der Waals surface area contributed by atoms with Crippen LogP contribution in [0.1, 0.15) is 26.5 Å². The van der Waals surface area contributed by atoms with E-state index in [1.54, 1.807) is 0 Å². The molecule has 0 fully saturated rings. The van der Waals surface area contributed by atoms with Crippen LogP contribution in [-0.2, 0) is 5.41 Å². The molecule has 1 aromatic heterocycles. The first-order valence-electron chi connectivity index (χ1n) is 4.56. The normalized spacial score (nSPS) is 12.2. The van der Waals surface area contributed by atoms with Crippen molar-refractivity contribution in [2.45, 2.75) is 26.2 Å². The van der Waals surface area contributed by atoms with E-state index in [0.29, 0.717) is 0 Å². The summed E-state index contributed by atoms with van der Waals surface area (Å²) in [6.07, 6.45) is 0. The highest BCUT2D eigenvalue weighted by Gasteiger charge is 2.18. The molecule has 2 rings (SSSR count). The van der Waals surface area contributed by atoms with Crippen molar-refractivity contribution in [3.63, 3.8) is 0 Å². The molecule has 1 heteroatoms. The van der Waals surface area contributed by atoms with Crippen molar-refractivity contribution in [2.75, 3.05) is 0 Å². The predicted molar refractivity (Wildman–Crippen MR) is 54.9 cm³/mol. The lowest BCUT2D eigenvalue weighted by Crippen LogP contribution is -2.08. The van der Waals surface area contributed by atoms with Crippen LogP contribution in [0, 0.1) is 0 Å². The molecule has 0 aliphatic heterocycles. The Kier molecular flexibility index (Phi) is 1.69. The molecule has 0 N–H and O–H groups in total. The fourth-order valence-corrected chi connectivity index (χ4v) is 1.35. The van der Waals surface area contributed by atoms with Crippen molar-refractivity contribution < 1.29 is 4.42 Å². The highest BCUT2D eigenvalue weighted by atomic mass is 16.3. The lowest BCUT2D eigenvalue weighted by atomic mass is 9.93. The Morgan fingerprint density at radius 1 is 1.08 bits per heavy atom. The number of benzene rings is 1. The van der Waals surface area contributed by atoms with Gasteiger partial charge in [-0.2, -0.15) is 0 Å². The third-order valence-electron chi connectivity index (χ3n) is 2.16. The standard InChI is InChI=1S/C12H14O/c1-12(2,3)11-8-9-6-4-5-7-10(9)13-11/h4-8H,1-3H3. The van der Waals surface area contributed by atoms with Crippen LogP contribution in [0.3, 0.4) is 0 Å². The molecule has 1 heterocycles. The number of hydrogen-bond acceptors (Lipinski definition) is 1. The number of furan rings is 1. The van der Waals surface area contributed by atoms with Gasteiger partial charge in [-0.05, 0) is 12.1 Å². The summed E-state index contributed by atoms with van der Waals surface area (Å²) in [5.41, 5.74) is 1.08. The molecular weight excluding hydrogens is 160 g/mol. The quantitative estimate of drug-likeness (QED) is 0.593. The fraction of sp³-hybridized carbons (Fsp3) is 0.333. The zero-order valence-corrected chi connectivity index (χ0v) is 8.29. The molecule has 0 spiro atoms. The maximum atomic E-state index is 5.73. The van der Waals surface area contributed by atoms with Crippen molar-refractivity contribution in [3.8, 4) is 0 Å². The Bertz CT molecular complexity index is 385. The minimum absolute atomic E-state index is 0.0962. The van der Waals surface area contributed by atoms with Crippen molar-refractivity contribution in [2.24, 2.45) is 0 Å². The highest BCUT2D eigenvalue weighted by Crippen LogP contribution is 2.28. The summed E-state index contributed by atoms with van der Waals surface area (Å²) in [5.74, 6) is 1.05. The van der Waals surface area contributed by atoms with E-state index < -0.39 is 0 Å². The zero-order valence-electron chi connectivity index (χ0n) is 8.29. The third kappa shape index (κ3) is 1.46. The molecule has 13 heavy (non-hydrogen) atoms. The van der Waals surface area contributed by atoms with Gasteiger partial charge in [-0.15, -0.1) is 0 Å². The van der Waals surface area contributed by atoms with Gasteiger partial charge in [0.2, 0.25) is 0 Å². The molecule has 0 atom stereocenters. The van der Waals surface area contributed by atoms with Gasteiger partial charge in [0.1, 0.15) is 11.3 Å². The molecular formula is C12H14O. The molecule has 0 saturated carbocycles. The molecule has 0 saturated heterocycles.